The van der Waals surface area contributed by atoms with Gasteiger partial charge in [-0.3, -0.25) is 0 Å². The molecule has 0 radical (unpaired) electrons. The van der Waals surface area contributed by atoms with Crippen LogP contribution in [0, 0.1) is 0 Å². The first-order chi connectivity index (χ1) is 24.8. The van der Waals surface area contributed by atoms with Crippen molar-refractivity contribution in [1.29, 1.82) is 0 Å². The summed E-state index contributed by atoms with van der Waals surface area (Å²) in [6.45, 7) is 0. The molecule has 0 amide bonds. The van der Waals surface area contributed by atoms with Crippen LogP contribution in [-0.2, 0) is 0 Å². The topological polar surface area (TPSA) is 63.0 Å². The fourth-order valence-corrected chi connectivity index (χ4v) is 7.13. The lowest BCUT2D eigenvalue weighted by Crippen LogP contribution is -2.33. The second kappa shape index (κ2) is 11.5. The molecule has 0 saturated carbocycles. The molecule has 0 fully saturated rings. The van der Waals surface area contributed by atoms with Gasteiger partial charge in [-0.2, -0.15) is 0 Å². The molecular weight excluding hydrogens is 615 g/mol. The van der Waals surface area contributed by atoms with Crippen molar-refractivity contribution >= 4 is 55.5 Å². The van der Waals surface area contributed by atoms with Crippen LogP contribution in [0.4, 0.5) is 0 Å². The van der Waals surface area contributed by atoms with E-state index in [1.807, 2.05) is 48.5 Å². The van der Waals surface area contributed by atoms with Gasteiger partial charge in [-0.05, 0) is 46.5 Å². The van der Waals surface area contributed by atoms with Crippen LogP contribution in [0.15, 0.2) is 183 Å². The molecule has 10 rings (SSSR count). The van der Waals surface area contributed by atoms with Gasteiger partial charge in [0.15, 0.2) is 5.84 Å². The zero-order valence-corrected chi connectivity index (χ0v) is 26.9. The fraction of sp³-hybridized carbons (Fsp3) is 0.0222. The van der Waals surface area contributed by atoms with Gasteiger partial charge in [-0.15, -0.1) is 0 Å². The predicted molar refractivity (Wildman–Crippen MR) is 204 cm³/mol. The van der Waals surface area contributed by atoms with Crippen LogP contribution in [0.2, 0.25) is 0 Å². The maximum absolute atomic E-state index is 6.55. The average Bonchev–Trinajstić information content (AvgIpc) is 3.77. The zero-order chi connectivity index (χ0) is 33.0. The van der Waals surface area contributed by atoms with Gasteiger partial charge in [0.1, 0.15) is 34.3 Å². The van der Waals surface area contributed by atoms with Crippen LogP contribution < -0.4 is 5.32 Å². The molecule has 1 aliphatic heterocycles. The first-order valence-corrected chi connectivity index (χ1v) is 16.8. The van der Waals surface area contributed by atoms with Crippen LogP contribution in [-0.4, -0.2) is 11.7 Å². The van der Waals surface area contributed by atoms with Crippen LogP contribution in [0.3, 0.4) is 0 Å². The van der Waals surface area contributed by atoms with Gasteiger partial charge in [0.05, 0.1) is 0 Å². The largest absolute Gasteiger partial charge is 0.456 e. The van der Waals surface area contributed by atoms with E-state index >= 15 is 0 Å². The smallest absolute Gasteiger partial charge is 0.159 e. The number of fused-ring (bicyclic) bond motifs is 6. The molecule has 50 heavy (non-hydrogen) atoms. The summed E-state index contributed by atoms with van der Waals surface area (Å²) in [6, 6.07) is 56.2. The van der Waals surface area contributed by atoms with E-state index in [0.717, 1.165) is 83.1 Å². The Kier molecular flexibility index (Phi) is 6.49. The molecule has 3 heterocycles. The van der Waals surface area contributed by atoms with E-state index in [-0.39, 0.29) is 6.17 Å². The summed E-state index contributed by atoms with van der Waals surface area (Å²) in [5.41, 5.74) is 10.8. The minimum Gasteiger partial charge on any atom is -0.456 e. The molecule has 0 spiro atoms. The Bertz CT molecular complexity index is 2770. The first-order valence-electron chi connectivity index (χ1n) is 16.8. The monoisotopic (exact) mass is 643 g/mol. The van der Waals surface area contributed by atoms with E-state index < -0.39 is 0 Å². The van der Waals surface area contributed by atoms with Crippen molar-refractivity contribution < 1.29 is 8.83 Å². The third-order valence-corrected chi connectivity index (χ3v) is 9.57. The molecule has 0 bridgehead atoms. The molecular formula is C45H29N3O2. The second-order valence-electron chi connectivity index (χ2n) is 12.6. The molecule has 2 aromatic heterocycles. The molecule has 0 aliphatic carbocycles. The minimum absolute atomic E-state index is 0.297. The van der Waals surface area contributed by atoms with Crippen molar-refractivity contribution in [2.75, 3.05) is 0 Å². The molecule has 1 N–H and O–H groups in total. The van der Waals surface area contributed by atoms with Gasteiger partial charge in [0.25, 0.3) is 0 Å². The standard InChI is InChI=1S/C45H29N3O2/c1-3-11-28(12-4-1)29-21-23-31(24-22-29)44-46-43(30-13-5-2-6-14-30)47-45(48-44)32-25-26-37-40(27-32)49-39-20-10-16-34(41(37)39)36-18-9-17-35-33-15-7-8-19-38(33)50-42(35)36/h1-27,43H,(H,46,47,48). The van der Waals surface area contributed by atoms with Crippen molar-refractivity contribution in [3.8, 4) is 22.3 Å². The number of furan rings is 2. The van der Waals surface area contributed by atoms with E-state index in [2.05, 4.69) is 121 Å². The van der Waals surface area contributed by atoms with Gasteiger partial charge in [-0.25, -0.2) is 9.98 Å². The van der Waals surface area contributed by atoms with E-state index in [4.69, 9.17) is 18.8 Å². The Morgan fingerprint density at radius 1 is 0.460 bits per heavy atom. The van der Waals surface area contributed by atoms with Crippen molar-refractivity contribution in [3.05, 3.63) is 180 Å². The maximum Gasteiger partial charge on any atom is 0.159 e. The summed E-state index contributed by atoms with van der Waals surface area (Å²) in [5.74, 6) is 1.42. The Balaban J connectivity index is 1.08. The minimum atomic E-state index is -0.297. The lowest BCUT2D eigenvalue weighted by atomic mass is 9.97. The van der Waals surface area contributed by atoms with E-state index in [9.17, 15) is 0 Å². The second-order valence-corrected chi connectivity index (χ2v) is 12.6. The van der Waals surface area contributed by atoms with Crippen molar-refractivity contribution in [2.24, 2.45) is 9.98 Å². The fourth-order valence-electron chi connectivity index (χ4n) is 7.13. The number of hydrogen-bond acceptors (Lipinski definition) is 5. The maximum atomic E-state index is 6.55. The predicted octanol–water partition coefficient (Wildman–Crippen LogP) is 11.3. The van der Waals surface area contributed by atoms with Crippen molar-refractivity contribution in [2.45, 2.75) is 6.17 Å². The summed E-state index contributed by atoms with van der Waals surface area (Å²) >= 11 is 0. The van der Waals surface area contributed by atoms with E-state index in [1.165, 1.54) is 5.56 Å². The summed E-state index contributed by atoms with van der Waals surface area (Å²) in [6.07, 6.45) is -0.297. The summed E-state index contributed by atoms with van der Waals surface area (Å²) in [4.78, 5) is 10.2. The summed E-state index contributed by atoms with van der Waals surface area (Å²) in [5, 5.41) is 7.91. The van der Waals surface area contributed by atoms with Gasteiger partial charge in [0.2, 0.25) is 0 Å². The van der Waals surface area contributed by atoms with Gasteiger partial charge in [0, 0.05) is 38.2 Å². The Morgan fingerprint density at radius 3 is 1.98 bits per heavy atom. The quantitative estimate of drug-likeness (QED) is 0.203. The summed E-state index contributed by atoms with van der Waals surface area (Å²) < 4.78 is 13.0. The molecule has 9 aromatic rings. The molecule has 1 aliphatic rings. The molecule has 1 atom stereocenters. The van der Waals surface area contributed by atoms with Crippen LogP contribution in [0.1, 0.15) is 22.9 Å². The highest BCUT2D eigenvalue weighted by Gasteiger charge is 2.23. The first kappa shape index (κ1) is 28.3. The van der Waals surface area contributed by atoms with Crippen LogP contribution in [0.25, 0.3) is 66.1 Å². The highest BCUT2D eigenvalue weighted by Crippen LogP contribution is 2.42. The molecule has 236 valence electrons. The number of nitrogens with one attached hydrogen (secondary N) is 1. The van der Waals surface area contributed by atoms with Crippen molar-refractivity contribution in [1.82, 2.24) is 5.32 Å². The van der Waals surface area contributed by atoms with E-state index in [1.54, 1.807) is 0 Å². The highest BCUT2D eigenvalue weighted by atomic mass is 16.3. The number of rotatable bonds is 5. The Labute approximate surface area is 287 Å². The normalized spacial score (nSPS) is 14.6. The number of para-hydroxylation sites is 2. The third-order valence-electron chi connectivity index (χ3n) is 9.57. The Morgan fingerprint density at radius 2 is 1.12 bits per heavy atom. The molecule has 0 saturated heterocycles. The van der Waals surface area contributed by atoms with Crippen molar-refractivity contribution in [3.63, 3.8) is 0 Å². The summed E-state index contributed by atoms with van der Waals surface area (Å²) in [7, 11) is 0. The van der Waals surface area contributed by atoms with E-state index in [0.29, 0.717) is 5.84 Å². The number of nitrogens with zero attached hydrogens (tertiary/aromatic N) is 2. The molecule has 5 heteroatoms. The average molecular weight is 644 g/mol. The third kappa shape index (κ3) is 4.71. The van der Waals surface area contributed by atoms with Gasteiger partial charge in [-0.1, -0.05) is 140 Å². The van der Waals surface area contributed by atoms with Crippen LogP contribution >= 0.6 is 0 Å². The van der Waals surface area contributed by atoms with Gasteiger partial charge < -0.3 is 14.2 Å². The molecule has 7 aromatic carbocycles. The number of aliphatic imine (C=N–C) groups is 2. The Hall–Kier alpha value is -6.72. The lowest BCUT2D eigenvalue weighted by Gasteiger charge is -2.23. The zero-order valence-electron chi connectivity index (χ0n) is 26.9. The lowest BCUT2D eigenvalue weighted by molar-refractivity contribution is 0.666. The molecule has 5 nitrogen and oxygen atoms in total. The number of hydrogen-bond donors (Lipinski definition) is 1. The number of amidine groups is 2. The molecule has 1 unspecified atom stereocenters. The van der Waals surface area contributed by atoms with Crippen LogP contribution in [0.5, 0.6) is 0 Å². The van der Waals surface area contributed by atoms with Gasteiger partial charge >= 0.3 is 0 Å². The number of benzene rings is 7. The highest BCUT2D eigenvalue weighted by molar-refractivity contribution is 6.19. The SMILES string of the molecule is c1ccc(-c2ccc(C3=NC(c4ccccc4)NC(c4ccc5c(c4)oc4cccc(-c6cccc7c6oc6ccccc67)c45)=N3)cc2)cc1.